The Morgan fingerprint density at radius 2 is 2.33 bits per heavy atom. The van der Waals surface area contributed by atoms with Crippen LogP contribution >= 0.6 is 0 Å². The molecular formula is C10H9N3O2. The SMILES string of the molecule is O=C1NC2=Nc3ccc(O)cc3CC2N1. The number of aliphatic imine (C=N–C) groups is 1. The predicted octanol–water partition coefficient (Wildman–Crippen LogP) is 0.660. The van der Waals surface area contributed by atoms with Crippen LogP contribution in [-0.2, 0) is 6.42 Å². The van der Waals surface area contributed by atoms with Gasteiger partial charge in [-0.3, -0.25) is 5.32 Å². The number of hydrogen-bond donors (Lipinski definition) is 3. The van der Waals surface area contributed by atoms with E-state index in [1.165, 1.54) is 0 Å². The Kier molecular flexibility index (Phi) is 1.50. The first-order chi connectivity index (χ1) is 7.22. The minimum Gasteiger partial charge on any atom is -0.508 e. The molecule has 1 fully saturated rings. The van der Waals surface area contributed by atoms with Crippen LogP contribution in [0.25, 0.3) is 0 Å². The third-order valence-electron chi connectivity index (χ3n) is 2.61. The molecule has 5 nitrogen and oxygen atoms in total. The summed E-state index contributed by atoms with van der Waals surface area (Å²) in [6, 6.07) is 4.73. The van der Waals surface area contributed by atoms with E-state index in [1.807, 2.05) is 0 Å². The van der Waals surface area contributed by atoms with Gasteiger partial charge >= 0.3 is 6.03 Å². The van der Waals surface area contributed by atoms with Crippen LogP contribution in [0.2, 0.25) is 0 Å². The molecule has 76 valence electrons. The molecule has 0 aromatic heterocycles. The number of fused-ring (bicyclic) bond motifs is 2. The van der Waals surface area contributed by atoms with Crippen molar-refractivity contribution in [3.05, 3.63) is 23.8 Å². The Bertz CT molecular complexity index is 482. The number of nitrogens with one attached hydrogen (secondary N) is 2. The van der Waals surface area contributed by atoms with Crippen LogP contribution in [0.4, 0.5) is 10.5 Å². The fourth-order valence-corrected chi connectivity index (χ4v) is 1.91. The second-order valence-corrected chi connectivity index (χ2v) is 3.67. The molecule has 3 rings (SSSR count). The molecule has 0 bridgehead atoms. The van der Waals surface area contributed by atoms with Crippen molar-refractivity contribution in [1.82, 2.24) is 10.6 Å². The number of benzene rings is 1. The highest BCUT2D eigenvalue weighted by Crippen LogP contribution is 2.29. The van der Waals surface area contributed by atoms with Gasteiger partial charge in [-0.15, -0.1) is 0 Å². The summed E-state index contributed by atoms with van der Waals surface area (Å²) in [5, 5.41) is 14.7. The molecule has 0 aliphatic carbocycles. The number of amidine groups is 1. The van der Waals surface area contributed by atoms with Crippen LogP contribution in [0.1, 0.15) is 5.56 Å². The maximum absolute atomic E-state index is 11.1. The van der Waals surface area contributed by atoms with E-state index in [4.69, 9.17) is 0 Å². The molecular weight excluding hydrogens is 194 g/mol. The van der Waals surface area contributed by atoms with Crippen molar-refractivity contribution in [2.45, 2.75) is 12.5 Å². The first kappa shape index (κ1) is 8.28. The zero-order chi connectivity index (χ0) is 10.4. The summed E-state index contributed by atoms with van der Waals surface area (Å²) >= 11 is 0. The van der Waals surface area contributed by atoms with Crippen molar-refractivity contribution in [1.29, 1.82) is 0 Å². The largest absolute Gasteiger partial charge is 0.508 e. The second-order valence-electron chi connectivity index (χ2n) is 3.67. The van der Waals surface area contributed by atoms with Gasteiger partial charge in [0.1, 0.15) is 11.6 Å². The quantitative estimate of drug-likeness (QED) is 0.579. The fraction of sp³-hybridized carbons (Fsp3) is 0.200. The van der Waals surface area contributed by atoms with Gasteiger partial charge in [-0.1, -0.05) is 0 Å². The Labute approximate surface area is 85.8 Å². The maximum atomic E-state index is 11.1. The Hall–Kier alpha value is -2.04. The lowest BCUT2D eigenvalue weighted by Crippen LogP contribution is -2.33. The normalized spacial score (nSPS) is 22.3. The Morgan fingerprint density at radius 3 is 3.20 bits per heavy atom. The number of urea groups is 1. The van der Waals surface area contributed by atoms with Crippen LogP contribution in [0.5, 0.6) is 5.75 Å². The number of nitrogens with zero attached hydrogens (tertiary/aromatic N) is 1. The van der Waals surface area contributed by atoms with Gasteiger partial charge in [0.2, 0.25) is 0 Å². The molecule has 0 spiro atoms. The van der Waals surface area contributed by atoms with Gasteiger partial charge in [0.05, 0.1) is 11.7 Å². The van der Waals surface area contributed by atoms with E-state index in [2.05, 4.69) is 15.6 Å². The maximum Gasteiger partial charge on any atom is 0.320 e. The molecule has 1 saturated heterocycles. The van der Waals surface area contributed by atoms with Crippen LogP contribution in [-0.4, -0.2) is 23.0 Å². The number of phenols is 1. The molecule has 1 atom stereocenters. The zero-order valence-electron chi connectivity index (χ0n) is 7.82. The minimum absolute atomic E-state index is 0.0770. The lowest BCUT2D eigenvalue weighted by atomic mass is 10.0. The Balaban J connectivity index is 2.06. The summed E-state index contributed by atoms with van der Waals surface area (Å²) < 4.78 is 0. The summed E-state index contributed by atoms with van der Waals surface area (Å²) in [7, 11) is 0. The lowest BCUT2D eigenvalue weighted by Gasteiger charge is -2.17. The van der Waals surface area contributed by atoms with E-state index in [0.717, 1.165) is 11.3 Å². The fourth-order valence-electron chi connectivity index (χ4n) is 1.91. The van der Waals surface area contributed by atoms with Gasteiger partial charge in [-0.25, -0.2) is 9.79 Å². The van der Waals surface area contributed by atoms with E-state index < -0.39 is 0 Å². The van der Waals surface area contributed by atoms with Crippen molar-refractivity contribution in [3.63, 3.8) is 0 Å². The van der Waals surface area contributed by atoms with Gasteiger partial charge in [-0.05, 0) is 23.8 Å². The van der Waals surface area contributed by atoms with Crippen LogP contribution in [0.15, 0.2) is 23.2 Å². The molecule has 3 N–H and O–H groups in total. The van der Waals surface area contributed by atoms with E-state index in [-0.39, 0.29) is 17.8 Å². The number of phenolic OH excluding ortho intramolecular Hbond substituents is 1. The van der Waals surface area contributed by atoms with E-state index in [1.54, 1.807) is 18.2 Å². The summed E-state index contributed by atoms with van der Waals surface area (Å²) in [6.45, 7) is 0. The molecule has 0 saturated carbocycles. The minimum atomic E-state index is -0.212. The molecule has 2 aliphatic heterocycles. The number of carbonyl (C=O) groups is 1. The van der Waals surface area contributed by atoms with Crippen molar-refractivity contribution in [2.24, 2.45) is 4.99 Å². The van der Waals surface area contributed by atoms with Gasteiger partial charge in [0.15, 0.2) is 0 Å². The average Bonchev–Trinajstić information content (AvgIpc) is 2.53. The zero-order valence-corrected chi connectivity index (χ0v) is 7.82. The van der Waals surface area contributed by atoms with E-state index in [9.17, 15) is 9.90 Å². The molecule has 1 aromatic rings. The number of hydrogen-bond acceptors (Lipinski definition) is 3. The number of amides is 2. The molecule has 2 aliphatic rings. The molecule has 1 aromatic carbocycles. The third kappa shape index (κ3) is 1.24. The van der Waals surface area contributed by atoms with Crippen molar-refractivity contribution < 1.29 is 9.90 Å². The van der Waals surface area contributed by atoms with E-state index >= 15 is 0 Å². The van der Waals surface area contributed by atoms with Crippen molar-refractivity contribution >= 4 is 17.6 Å². The van der Waals surface area contributed by atoms with Crippen LogP contribution in [0, 0.1) is 0 Å². The highest BCUT2D eigenvalue weighted by molar-refractivity contribution is 6.09. The summed E-state index contributed by atoms with van der Waals surface area (Å²) in [4.78, 5) is 15.4. The molecule has 15 heavy (non-hydrogen) atoms. The summed E-state index contributed by atoms with van der Waals surface area (Å²) in [5.41, 5.74) is 1.76. The summed E-state index contributed by atoms with van der Waals surface area (Å²) in [5.74, 6) is 0.892. The molecule has 1 unspecified atom stereocenters. The van der Waals surface area contributed by atoms with Gasteiger partial charge in [0.25, 0.3) is 0 Å². The number of rotatable bonds is 0. The van der Waals surface area contributed by atoms with Gasteiger partial charge < -0.3 is 10.4 Å². The van der Waals surface area contributed by atoms with Gasteiger partial charge in [0, 0.05) is 6.42 Å². The topological polar surface area (TPSA) is 73.7 Å². The molecule has 2 heterocycles. The van der Waals surface area contributed by atoms with Crippen LogP contribution in [0.3, 0.4) is 0 Å². The first-order valence-corrected chi connectivity index (χ1v) is 4.70. The standard InChI is InChI=1S/C10H9N3O2/c14-6-1-2-7-5(3-6)4-8-9(11-7)13-10(15)12-8/h1-3,8,14H,4H2,(H2,11,12,13,15). The number of carbonyl (C=O) groups excluding carboxylic acids is 1. The lowest BCUT2D eigenvalue weighted by molar-refractivity contribution is 0.248. The third-order valence-corrected chi connectivity index (χ3v) is 2.61. The predicted molar refractivity (Wildman–Crippen MR) is 54.4 cm³/mol. The second kappa shape index (κ2) is 2.73. The molecule has 5 heteroatoms. The van der Waals surface area contributed by atoms with Crippen molar-refractivity contribution in [2.75, 3.05) is 0 Å². The molecule has 0 radical (unpaired) electrons. The highest BCUT2D eigenvalue weighted by atomic mass is 16.3. The average molecular weight is 203 g/mol. The Morgan fingerprint density at radius 1 is 1.47 bits per heavy atom. The van der Waals surface area contributed by atoms with E-state index in [0.29, 0.717) is 12.3 Å². The van der Waals surface area contributed by atoms with Crippen LogP contribution < -0.4 is 10.6 Å². The van der Waals surface area contributed by atoms with Crippen molar-refractivity contribution in [3.8, 4) is 5.75 Å². The smallest absolute Gasteiger partial charge is 0.320 e. The summed E-state index contributed by atoms with van der Waals surface area (Å²) in [6.07, 6.45) is 0.668. The van der Waals surface area contributed by atoms with Gasteiger partial charge in [-0.2, -0.15) is 0 Å². The molecule has 2 amide bonds. The number of aromatic hydroxyl groups is 1. The monoisotopic (exact) mass is 203 g/mol. The first-order valence-electron chi connectivity index (χ1n) is 4.70. The highest BCUT2D eigenvalue weighted by Gasteiger charge is 2.31.